The lowest BCUT2D eigenvalue weighted by Gasteiger charge is -2.08. The highest BCUT2D eigenvalue weighted by Gasteiger charge is 2.16. The molecule has 2 rings (SSSR count). The fourth-order valence-corrected chi connectivity index (χ4v) is 1.85. The molecule has 7 heteroatoms. The van der Waals surface area contributed by atoms with Crippen LogP contribution in [-0.4, -0.2) is 15.6 Å². The number of rotatable bonds is 4. The van der Waals surface area contributed by atoms with Gasteiger partial charge in [0.25, 0.3) is 0 Å². The van der Waals surface area contributed by atoms with Crippen LogP contribution in [0.1, 0.15) is 31.2 Å². The average Bonchev–Trinajstić information content (AvgIpc) is 2.80. The van der Waals surface area contributed by atoms with E-state index in [9.17, 15) is 9.59 Å². The molecule has 0 fully saturated rings. The van der Waals surface area contributed by atoms with Crippen molar-refractivity contribution in [3.63, 3.8) is 0 Å². The molecule has 108 valence electrons. The summed E-state index contributed by atoms with van der Waals surface area (Å²) in [7, 11) is 0. The number of benzene rings is 1. The van der Waals surface area contributed by atoms with Crippen molar-refractivity contribution in [2.75, 3.05) is 5.32 Å². The molecule has 0 atom stereocenters. The van der Waals surface area contributed by atoms with Gasteiger partial charge < -0.3 is 5.32 Å². The van der Waals surface area contributed by atoms with Gasteiger partial charge in [-0.2, -0.15) is 5.26 Å². The molecular formula is C14H14N4O3. The molecule has 0 unspecified atom stereocenters. The molecule has 0 saturated carbocycles. The Balaban J connectivity index is 2.14. The van der Waals surface area contributed by atoms with Gasteiger partial charge in [-0.15, -0.1) is 0 Å². The third-order valence-electron chi connectivity index (χ3n) is 2.81. The molecule has 2 aromatic rings. The maximum atomic E-state index is 12.0. The fourth-order valence-electron chi connectivity index (χ4n) is 1.85. The molecule has 0 spiro atoms. The molecule has 7 nitrogen and oxygen atoms in total. The van der Waals surface area contributed by atoms with Gasteiger partial charge in [-0.3, -0.25) is 13.9 Å². The number of carbonyl (C=O) groups is 1. The van der Waals surface area contributed by atoms with E-state index in [1.165, 1.54) is 4.57 Å². The highest BCUT2D eigenvalue weighted by Crippen LogP contribution is 2.11. The number of nitrogens with one attached hydrogen (secondary N) is 1. The van der Waals surface area contributed by atoms with Crippen molar-refractivity contribution in [1.29, 1.82) is 5.26 Å². The molecule has 1 aromatic carbocycles. The van der Waals surface area contributed by atoms with Crippen LogP contribution >= 0.6 is 0 Å². The van der Waals surface area contributed by atoms with Gasteiger partial charge in [0.05, 0.1) is 11.6 Å². The lowest BCUT2D eigenvalue weighted by molar-refractivity contribution is -0.116. The number of nitrogens with zero attached hydrogens (tertiary/aromatic N) is 3. The zero-order valence-corrected chi connectivity index (χ0v) is 11.7. The predicted molar refractivity (Wildman–Crippen MR) is 74.6 cm³/mol. The Morgan fingerprint density at radius 1 is 1.52 bits per heavy atom. The monoisotopic (exact) mass is 286 g/mol. The molecule has 1 heterocycles. The minimum absolute atomic E-state index is 0.0360. The molecule has 0 aliphatic heterocycles. The largest absolute Gasteiger partial charge is 0.442 e. The van der Waals surface area contributed by atoms with Gasteiger partial charge >= 0.3 is 5.76 Å². The number of aromatic nitrogens is 2. The quantitative estimate of drug-likeness (QED) is 0.917. The summed E-state index contributed by atoms with van der Waals surface area (Å²) in [5, 5.41) is 15.1. The zero-order valence-electron chi connectivity index (χ0n) is 11.7. The summed E-state index contributed by atoms with van der Waals surface area (Å²) in [6.45, 7) is 3.51. The zero-order chi connectivity index (χ0) is 15.4. The van der Waals surface area contributed by atoms with Gasteiger partial charge in [0.15, 0.2) is 5.82 Å². The second kappa shape index (κ2) is 6.05. The Kier molecular flexibility index (Phi) is 4.18. The SMILES string of the molecule is CC(C)c1noc(=O)n1CC(=O)Nc1cccc(C#N)c1. The molecule has 0 radical (unpaired) electrons. The van der Waals surface area contributed by atoms with Crippen LogP contribution in [0.3, 0.4) is 0 Å². The number of hydrogen-bond donors (Lipinski definition) is 1. The summed E-state index contributed by atoms with van der Waals surface area (Å²) in [5.74, 6) is -0.677. The molecular weight excluding hydrogens is 272 g/mol. The smallest absolute Gasteiger partial charge is 0.324 e. The minimum Gasteiger partial charge on any atom is -0.324 e. The third-order valence-corrected chi connectivity index (χ3v) is 2.81. The Labute approximate surface area is 120 Å². The summed E-state index contributed by atoms with van der Waals surface area (Å²) in [4.78, 5) is 23.5. The standard InChI is InChI=1S/C14H14N4O3/c1-9(2)13-17-21-14(20)18(13)8-12(19)16-11-5-3-4-10(6-11)7-15/h3-6,9H,8H2,1-2H3,(H,16,19). The first-order valence-corrected chi connectivity index (χ1v) is 6.37. The van der Waals surface area contributed by atoms with Crippen LogP contribution in [0.2, 0.25) is 0 Å². The normalized spacial score (nSPS) is 10.4. The maximum absolute atomic E-state index is 12.0. The first kappa shape index (κ1) is 14.5. The highest BCUT2D eigenvalue weighted by molar-refractivity contribution is 5.90. The van der Waals surface area contributed by atoms with E-state index in [2.05, 4.69) is 15.0 Å². The van der Waals surface area contributed by atoms with Crippen molar-refractivity contribution in [2.24, 2.45) is 0 Å². The van der Waals surface area contributed by atoms with E-state index in [0.717, 1.165) is 0 Å². The second-order valence-corrected chi connectivity index (χ2v) is 4.79. The molecule has 0 bridgehead atoms. The summed E-state index contributed by atoms with van der Waals surface area (Å²) < 4.78 is 5.77. The van der Waals surface area contributed by atoms with Crippen LogP contribution in [0.5, 0.6) is 0 Å². The molecule has 21 heavy (non-hydrogen) atoms. The summed E-state index contributed by atoms with van der Waals surface area (Å²) >= 11 is 0. The molecule has 0 aliphatic carbocycles. The second-order valence-electron chi connectivity index (χ2n) is 4.79. The summed E-state index contributed by atoms with van der Waals surface area (Å²) in [6, 6.07) is 8.51. The van der Waals surface area contributed by atoms with Crippen LogP contribution < -0.4 is 11.1 Å². The first-order valence-electron chi connectivity index (χ1n) is 6.37. The van der Waals surface area contributed by atoms with E-state index >= 15 is 0 Å². The number of anilines is 1. The van der Waals surface area contributed by atoms with E-state index in [1.807, 2.05) is 19.9 Å². The van der Waals surface area contributed by atoms with Gasteiger partial charge in [0.2, 0.25) is 5.91 Å². The predicted octanol–water partition coefficient (Wildman–Crippen LogP) is 1.47. The van der Waals surface area contributed by atoms with Gasteiger partial charge in [0, 0.05) is 11.6 Å². The van der Waals surface area contributed by atoms with E-state index in [1.54, 1.807) is 24.3 Å². The molecule has 1 aromatic heterocycles. The van der Waals surface area contributed by atoms with Crippen LogP contribution in [0.4, 0.5) is 5.69 Å². The van der Waals surface area contributed by atoms with Gasteiger partial charge in [0.1, 0.15) is 6.54 Å². The van der Waals surface area contributed by atoms with Gasteiger partial charge in [-0.1, -0.05) is 25.1 Å². The van der Waals surface area contributed by atoms with Gasteiger partial charge in [-0.05, 0) is 18.2 Å². The lowest BCUT2D eigenvalue weighted by Crippen LogP contribution is -2.26. The molecule has 0 saturated heterocycles. The molecule has 1 N–H and O–H groups in total. The van der Waals surface area contributed by atoms with E-state index in [0.29, 0.717) is 17.1 Å². The van der Waals surface area contributed by atoms with E-state index in [-0.39, 0.29) is 12.5 Å². The Morgan fingerprint density at radius 2 is 2.29 bits per heavy atom. The molecule has 0 aliphatic rings. The molecule has 1 amide bonds. The summed E-state index contributed by atoms with van der Waals surface area (Å²) in [6.07, 6.45) is 0. The minimum atomic E-state index is -0.667. The topological polar surface area (TPSA) is 101 Å². The van der Waals surface area contributed by atoms with Crippen molar-refractivity contribution in [3.05, 3.63) is 46.2 Å². The number of hydrogen-bond acceptors (Lipinski definition) is 5. The number of carbonyl (C=O) groups excluding carboxylic acids is 1. The fraction of sp³-hybridized carbons (Fsp3) is 0.286. The Bertz CT molecular complexity index is 752. The van der Waals surface area contributed by atoms with Gasteiger partial charge in [-0.25, -0.2) is 4.79 Å². The maximum Gasteiger partial charge on any atom is 0.442 e. The Hall–Kier alpha value is -2.88. The van der Waals surface area contributed by atoms with Crippen molar-refractivity contribution in [2.45, 2.75) is 26.3 Å². The highest BCUT2D eigenvalue weighted by atomic mass is 16.5. The Morgan fingerprint density at radius 3 is 2.95 bits per heavy atom. The first-order chi connectivity index (χ1) is 10.0. The van der Waals surface area contributed by atoms with Crippen LogP contribution in [0.15, 0.2) is 33.6 Å². The van der Waals surface area contributed by atoms with Crippen molar-refractivity contribution in [1.82, 2.24) is 9.72 Å². The van der Waals surface area contributed by atoms with E-state index < -0.39 is 11.7 Å². The lowest BCUT2D eigenvalue weighted by atomic mass is 10.2. The number of nitriles is 1. The van der Waals surface area contributed by atoms with Crippen molar-refractivity contribution >= 4 is 11.6 Å². The van der Waals surface area contributed by atoms with E-state index in [4.69, 9.17) is 5.26 Å². The van der Waals surface area contributed by atoms with Crippen molar-refractivity contribution < 1.29 is 9.32 Å². The van der Waals surface area contributed by atoms with Crippen LogP contribution in [-0.2, 0) is 11.3 Å². The average molecular weight is 286 g/mol. The third kappa shape index (κ3) is 3.36. The van der Waals surface area contributed by atoms with Crippen molar-refractivity contribution in [3.8, 4) is 6.07 Å². The van der Waals surface area contributed by atoms with Crippen LogP contribution in [0.25, 0.3) is 0 Å². The number of amides is 1. The summed E-state index contributed by atoms with van der Waals surface area (Å²) in [5.41, 5.74) is 0.937. The van der Waals surface area contributed by atoms with Crippen LogP contribution in [0, 0.1) is 11.3 Å².